The van der Waals surface area contributed by atoms with Crippen LogP contribution in [0.1, 0.15) is 38.2 Å². The van der Waals surface area contributed by atoms with Crippen LogP contribution >= 0.6 is 11.6 Å². The van der Waals surface area contributed by atoms with Crippen molar-refractivity contribution in [1.29, 1.82) is 0 Å². The summed E-state index contributed by atoms with van der Waals surface area (Å²) in [6.45, 7) is 2.24. The molecule has 3 atom stereocenters. The third-order valence-corrected chi connectivity index (χ3v) is 4.80. The average molecular weight is 300 g/mol. The molecule has 1 fully saturated rings. The zero-order valence-electron chi connectivity index (χ0n) is 12.2. The van der Waals surface area contributed by atoms with E-state index < -0.39 is 5.82 Å². The van der Waals surface area contributed by atoms with Gasteiger partial charge in [0.25, 0.3) is 0 Å². The zero-order chi connectivity index (χ0) is 14.8. The van der Waals surface area contributed by atoms with E-state index in [9.17, 15) is 4.39 Å². The second-order valence-electron chi connectivity index (χ2n) is 6.03. The molecule has 1 aromatic rings. The number of hydrogen-bond donors (Lipinski definition) is 1. The molecule has 2 rings (SSSR count). The van der Waals surface area contributed by atoms with Gasteiger partial charge in [-0.1, -0.05) is 37.4 Å². The van der Waals surface area contributed by atoms with Gasteiger partial charge < -0.3 is 10.5 Å². The number of rotatable bonds is 4. The molecule has 0 bridgehead atoms. The van der Waals surface area contributed by atoms with Gasteiger partial charge in [-0.2, -0.15) is 0 Å². The zero-order valence-corrected chi connectivity index (χ0v) is 12.9. The third-order valence-electron chi connectivity index (χ3n) is 4.51. The summed E-state index contributed by atoms with van der Waals surface area (Å²) in [6.07, 6.45) is 5.01. The van der Waals surface area contributed by atoms with Gasteiger partial charge in [-0.05, 0) is 42.9 Å². The molecule has 0 saturated heterocycles. The van der Waals surface area contributed by atoms with Crippen LogP contribution in [0, 0.1) is 11.7 Å². The van der Waals surface area contributed by atoms with Gasteiger partial charge in [0, 0.05) is 13.2 Å². The molecule has 20 heavy (non-hydrogen) atoms. The van der Waals surface area contributed by atoms with Crippen LogP contribution in [0.5, 0.6) is 0 Å². The molecule has 0 aromatic heterocycles. The lowest BCUT2D eigenvalue weighted by Gasteiger charge is -2.43. The molecule has 0 spiro atoms. The fraction of sp³-hybridized carbons (Fsp3) is 0.625. The van der Waals surface area contributed by atoms with Gasteiger partial charge in [0.1, 0.15) is 5.82 Å². The first-order valence-corrected chi connectivity index (χ1v) is 7.59. The first kappa shape index (κ1) is 15.7. The molecule has 4 heteroatoms. The molecule has 1 aliphatic rings. The third kappa shape index (κ3) is 3.33. The Bertz CT molecular complexity index is 468. The van der Waals surface area contributed by atoms with E-state index in [0.717, 1.165) is 24.8 Å². The lowest BCUT2D eigenvalue weighted by atomic mass is 9.73. The predicted octanol–water partition coefficient (Wildman–Crippen LogP) is 3.94. The van der Waals surface area contributed by atoms with Crippen LogP contribution in [0.2, 0.25) is 5.02 Å². The Balaban J connectivity index is 2.12. The maximum Gasteiger partial charge on any atom is 0.141 e. The Morgan fingerprint density at radius 3 is 2.90 bits per heavy atom. The minimum atomic E-state index is -0.392. The van der Waals surface area contributed by atoms with Crippen LogP contribution in [-0.2, 0) is 11.2 Å². The van der Waals surface area contributed by atoms with Crippen LogP contribution in [-0.4, -0.2) is 18.8 Å². The second-order valence-corrected chi connectivity index (χ2v) is 6.44. The molecule has 0 aliphatic heterocycles. The largest absolute Gasteiger partial charge is 0.377 e. The molecular weight excluding hydrogens is 277 g/mol. The van der Waals surface area contributed by atoms with Crippen molar-refractivity contribution < 1.29 is 9.13 Å². The second kappa shape index (κ2) is 6.42. The monoisotopic (exact) mass is 299 g/mol. The Hall–Kier alpha value is -0.640. The minimum Gasteiger partial charge on any atom is -0.377 e. The molecule has 0 heterocycles. The van der Waals surface area contributed by atoms with Crippen LogP contribution < -0.4 is 5.73 Å². The minimum absolute atomic E-state index is 0.100. The summed E-state index contributed by atoms with van der Waals surface area (Å²) in [4.78, 5) is 0. The summed E-state index contributed by atoms with van der Waals surface area (Å²) in [6, 6.07) is 4.70. The number of benzene rings is 1. The highest BCUT2D eigenvalue weighted by atomic mass is 35.5. The van der Waals surface area contributed by atoms with Crippen molar-refractivity contribution in [2.24, 2.45) is 11.7 Å². The van der Waals surface area contributed by atoms with Gasteiger partial charge in [-0.3, -0.25) is 0 Å². The number of methoxy groups -OCH3 is 1. The van der Waals surface area contributed by atoms with Gasteiger partial charge in [-0.15, -0.1) is 0 Å². The Morgan fingerprint density at radius 1 is 1.55 bits per heavy atom. The molecule has 0 amide bonds. The Morgan fingerprint density at radius 2 is 2.30 bits per heavy atom. The molecular formula is C16H23ClFNO. The van der Waals surface area contributed by atoms with Gasteiger partial charge >= 0.3 is 0 Å². The van der Waals surface area contributed by atoms with Crippen molar-refractivity contribution in [2.45, 2.75) is 50.7 Å². The molecule has 2 N–H and O–H groups in total. The van der Waals surface area contributed by atoms with Crippen LogP contribution in [0.3, 0.4) is 0 Å². The van der Waals surface area contributed by atoms with Gasteiger partial charge in [0.05, 0.1) is 10.6 Å². The number of ether oxygens (including phenoxy) is 1. The van der Waals surface area contributed by atoms with E-state index in [4.69, 9.17) is 22.1 Å². The standard InChI is InChI=1S/C16H23ClFNO/c1-11-4-3-7-16(10-11,20-2)15(19)9-12-5-6-14(18)13(17)8-12/h5-6,8,11,15H,3-4,7,9-10,19H2,1-2H3. The molecule has 1 aromatic carbocycles. The Kier molecular flexibility index (Phi) is 5.05. The maximum absolute atomic E-state index is 13.2. The topological polar surface area (TPSA) is 35.2 Å². The van der Waals surface area contributed by atoms with Crippen LogP contribution in [0.25, 0.3) is 0 Å². The maximum atomic E-state index is 13.2. The predicted molar refractivity (Wildman–Crippen MR) is 80.5 cm³/mol. The fourth-order valence-electron chi connectivity index (χ4n) is 3.32. The molecule has 0 radical (unpaired) electrons. The van der Waals surface area contributed by atoms with E-state index in [1.54, 1.807) is 19.2 Å². The molecule has 1 saturated carbocycles. The summed E-state index contributed by atoms with van der Waals surface area (Å²) in [7, 11) is 1.75. The number of nitrogens with two attached hydrogens (primary N) is 1. The smallest absolute Gasteiger partial charge is 0.141 e. The first-order valence-electron chi connectivity index (χ1n) is 7.21. The normalized spacial score (nSPS) is 28.4. The average Bonchev–Trinajstić information content (AvgIpc) is 2.42. The van der Waals surface area contributed by atoms with E-state index >= 15 is 0 Å². The van der Waals surface area contributed by atoms with Crippen molar-refractivity contribution in [3.05, 3.63) is 34.6 Å². The number of halogens is 2. The summed E-state index contributed by atoms with van der Waals surface area (Å²) in [5.74, 6) is 0.239. The Labute approximate surface area is 125 Å². The SMILES string of the molecule is COC1(C(N)Cc2ccc(F)c(Cl)c2)CCCC(C)C1. The van der Waals surface area contributed by atoms with Gasteiger partial charge in [-0.25, -0.2) is 4.39 Å². The van der Waals surface area contributed by atoms with E-state index in [1.165, 1.54) is 12.5 Å². The lowest BCUT2D eigenvalue weighted by molar-refractivity contribution is -0.0705. The van der Waals surface area contributed by atoms with Gasteiger partial charge in [0.2, 0.25) is 0 Å². The first-order chi connectivity index (χ1) is 9.47. The quantitative estimate of drug-likeness (QED) is 0.914. The summed E-state index contributed by atoms with van der Waals surface area (Å²) >= 11 is 5.83. The van der Waals surface area contributed by atoms with E-state index in [1.807, 2.05) is 0 Å². The molecule has 112 valence electrons. The highest BCUT2D eigenvalue weighted by molar-refractivity contribution is 6.30. The van der Waals surface area contributed by atoms with Crippen molar-refractivity contribution >= 4 is 11.6 Å². The van der Waals surface area contributed by atoms with E-state index in [-0.39, 0.29) is 16.7 Å². The highest BCUT2D eigenvalue weighted by Gasteiger charge is 2.40. The van der Waals surface area contributed by atoms with Crippen LogP contribution in [0.4, 0.5) is 4.39 Å². The van der Waals surface area contributed by atoms with Crippen molar-refractivity contribution in [1.82, 2.24) is 0 Å². The summed E-state index contributed by atoms with van der Waals surface area (Å²) < 4.78 is 19.0. The van der Waals surface area contributed by atoms with E-state index in [0.29, 0.717) is 12.3 Å². The highest BCUT2D eigenvalue weighted by Crippen LogP contribution is 2.37. The van der Waals surface area contributed by atoms with Crippen molar-refractivity contribution in [3.8, 4) is 0 Å². The molecule has 1 aliphatic carbocycles. The lowest BCUT2D eigenvalue weighted by Crippen LogP contribution is -2.53. The summed E-state index contributed by atoms with van der Waals surface area (Å²) in [5.41, 5.74) is 7.11. The summed E-state index contributed by atoms with van der Waals surface area (Å²) in [5, 5.41) is 0.151. The van der Waals surface area contributed by atoms with Crippen LogP contribution in [0.15, 0.2) is 18.2 Å². The van der Waals surface area contributed by atoms with Crippen molar-refractivity contribution in [2.75, 3.05) is 7.11 Å². The molecule has 2 nitrogen and oxygen atoms in total. The molecule has 3 unspecified atom stereocenters. The van der Waals surface area contributed by atoms with Gasteiger partial charge in [0.15, 0.2) is 0 Å². The number of hydrogen-bond acceptors (Lipinski definition) is 2. The van der Waals surface area contributed by atoms with Crippen molar-refractivity contribution in [3.63, 3.8) is 0 Å². The van der Waals surface area contributed by atoms with E-state index in [2.05, 4.69) is 6.92 Å². The fourth-order valence-corrected chi connectivity index (χ4v) is 3.53.